The summed E-state index contributed by atoms with van der Waals surface area (Å²) in [5.74, 6) is 0.585. The fourth-order valence-corrected chi connectivity index (χ4v) is 4.11. The van der Waals surface area contributed by atoms with Gasteiger partial charge in [-0.2, -0.15) is 13.2 Å². The Hall–Kier alpha value is -2.06. The Morgan fingerprint density at radius 2 is 1.94 bits per heavy atom. The molecule has 2 heterocycles. The van der Waals surface area contributed by atoms with Crippen LogP contribution in [0.5, 0.6) is 5.75 Å². The van der Waals surface area contributed by atoms with Gasteiger partial charge in [-0.1, -0.05) is 26.7 Å². The lowest BCUT2D eigenvalue weighted by Gasteiger charge is -2.19. The normalized spacial score (nSPS) is 15.1. The first-order chi connectivity index (χ1) is 14.8. The smallest absolute Gasteiger partial charge is 0.417 e. The van der Waals surface area contributed by atoms with Gasteiger partial charge in [0.25, 0.3) is 0 Å². The molecular weight excluding hydrogens is 409 g/mol. The van der Waals surface area contributed by atoms with Crippen molar-refractivity contribution in [3.05, 3.63) is 39.2 Å². The van der Waals surface area contributed by atoms with Crippen LogP contribution in [0.2, 0.25) is 0 Å². The van der Waals surface area contributed by atoms with Crippen LogP contribution in [0.3, 0.4) is 0 Å². The van der Waals surface area contributed by atoms with Crippen molar-refractivity contribution in [1.29, 1.82) is 0 Å². The number of nitrogens with one attached hydrogen (secondary N) is 1. The van der Waals surface area contributed by atoms with Gasteiger partial charge in [0, 0.05) is 36.8 Å². The number of hydrogen-bond acceptors (Lipinski definition) is 5. The van der Waals surface area contributed by atoms with Crippen LogP contribution >= 0.6 is 0 Å². The van der Waals surface area contributed by atoms with Crippen LogP contribution in [0.4, 0.5) is 13.2 Å². The highest BCUT2D eigenvalue weighted by molar-refractivity contribution is 5.87. The van der Waals surface area contributed by atoms with Crippen molar-refractivity contribution in [3.8, 4) is 5.75 Å². The van der Waals surface area contributed by atoms with E-state index in [1.165, 1.54) is 6.07 Å². The van der Waals surface area contributed by atoms with Crippen LogP contribution in [-0.2, 0) is 19.0 Å². The molecule has 0 spiro atoms. The molecular formula is C23H31F3N2O3. The van der Waals surface area contributed by atoms with Crippen LogP contribution in [0.1, 0.15) is 56.2 Å². The summed E-state index contributed by atoms with van der Waals surface area (Å²) in [6, 6.07) is 2.04. The van der Waals surface area contributed by atoms with Gasteiger partial charge in [-0.3, -0.25) is 4.90 Å². The van der Waals surface area contributed by atoms with Crippen LogP contribution in [0.15, 0.2) is 21.3 Å². The standard InChI is InChI=1S/C23H31F3N2O3/c1-3-7-16-13-18-19(23(24,25)26)14-20(29)31-22(18)17(8-4-2)21(16)30-12-6-5-10-28-11-9-27-15-28/h13-14,27H,3-12,15H2,1-2H3. The van der Waals surface area contributed by atoms with Crippen LogP contribution in [-0.4, -0.2) is 37.8 Å². The van der Waals surface area contributed by atoms with Gasteiger partial charge in [0.2, 0.25) is 0 Å². The Labute approximate surface area is 180 Å². The lowest BCUT2D eigenvalue weighted by molar-refractivity contribution is -0.136. The number of nitrogens with zero attached hydrogens (tertiary/aromatic N) is 1. The summed E-state index contributed by atoms with van der Waals surface area (Å²) in [4.78, 5) is 14.3. The average Bonchev–Trinajstić information content (AvgIpc) is 3.22. The summed E-state index contributed by atoms with van der Waals surface area (Å²) in [5, 5.41) is 3.24. The largest absolute Gasteiger partial charge is 0.493 e. The molecule has 0 unspecified atom stereocenters. The highest BCUT2D eigenvalue weighted by Gasteiger charge is 2.35. The molecule has 0 atom stereocenters. The molecule has 5 nitrogen and oxygen atoms in total. The zero-order valence-corrected chi connectivity index (χ0v) is 18.2. The number of ether oxygens (including phenoxy) is 1. The van der Waals surface area contributed by atoms with E-state index in [1.54, 1.807) is 0 Å². The number of unbranched alkanes of at least 4 members (excludes halogenated alkanes) is 1. The van der Waals surface area contributed by atoms with E-state index in [4.69, 9.17) is 9.15 Å². The predicted molar refractivity (Wildman–Crippen MR) is 115 cm³/mol. The van der Waals surface area contributed by atoms with E-state index in [2.05, 4.69) is 10.2 Å². The lowest BCUT2D eigenvalue weighted by atomic mass is 9.96. The van der Waals surface area contributed by atoms with Crippen molar-refractivity contribution in [2.75, 3.05) is 32.9 Å². The van der Waals surface area contributed by atoms with Crippen LogP contribution in [0.25, 0.3) is 11.0 Å². The first-order valence-electron chi connectivity index (χ1n) is 11.1. The molecule has 1 fully saturated rings. The second-order valence-electron chi connectivity index (χ2n) is 8.03. The average molecular weight is 441 g/mol. The number of alkyl halides is 3. The number of aryl methyl sites for hydroxylation is 2. The van der Waals surface area contributed by atoms with E-state index in [-0.39, 0.29) is 11.0 Å². The zero-order chi connectivity index (χ0) is 22.4. The van der Waals surface area contributed by atoms with E-state index >= 15 is 0 Å². The van der Waals surface area contributed by atoms with Gasteiger partial charge < -0.3 is 14.5 Å². The Bertz CT molecular complexity index is 934. The van der Waals surface area contributed by atoms with Crippen LogP contribution < -0.4 is 15.7 Å². The maximum absolute atomic E-state index is 13.6. The molecule has 1 aromatic carbocycles. The lowest BCUT2D eigenvalue weighted by Crippen LogP contribution is -2.23. The molecule has 31 heavy (non-hydrogen) atoms. The molecule has 8 heteroatoms. The molecule has 2 aromatic rings. The van der Waals surface area contributed by atoms with Gasteiger partial charge in [-0.25, -0.2) is 4.79 Å². The zero-order valence-electron chi connectivity index (χ0n) is 18.2. The predicted octanol–water partition coefficient (Wildman–Crippen LogP) is 4.74. The second-order valence-corrected chi connectivity index (χ2v) is 8.03. The highest BCUT2D eigenvalue weighted by atomic mass is 19.4. The summed E-state index contributed by atoms with van der Waals surface area (Å²) >= 11 is 0. The quantitative estimate of drug-likeness (QED) is 0.427. The van der Waals surface area contributed by atoms with Gasteiger partial charge in [-0.05, 0) is 43.9 Å². The summed E-state index contributed by atoms with van der Waals surface area (Å²) in [7, 11) is 0. The molecule has 0 bridgehead atoms. The summed E-state index contributed by atoms with van der Waals surface area (Å²) in [5.41, 5.74) is -0.638. The number of hydrogen-bond donors (Lipinski definition) is 1. The van der Waals surface area contributed by atoms with Crippen molar-refractivity contribution in [1.82, 2.24) is 10.2 Å². The topological polar surface area (TPSA) is 54.7 Å². The van der Waals surface area contributed by atoms with E-state index < -0.39 is 17.4 Å². The Balaban J connectivity index is 1.93. The molecule has 0 radical (unpaired) electrons. The van der Waals surface area contributed by atoms with E-state index in [1.807, 2.05) is 13.8 Å². The summed E-state index contributed by atoms with van der Waals surface area (Å²) in [6.07, 6.45) is -0.262. The fraction of sp³-hybridized carbons (Fsp3) is 0.609. The minimum Gasteiger partial charge on any atom is -0.493 e. The third-order valence-electron chi connectivity index (χ3n) is 5.54. The van der Waals surface area contributed by atoms with Crippen molar-refractivity contribution >= 4 is 11.0 Å². The highest BCUT2D eigenvalue weighted by Crippen LogP contribution is 2.40. The third kappa shape index (κ3) is 5.80. The van der Waals surface area contributed by atoms with E-state index in [0.717, 1.165) is 51.1 Å². The molecule has 1 aliphatic heterocycles. The summed E-state index contributed by atoms with van der Waals surface area (Å²) in [6.45, 7) is 8.36. The monoisotopic (exact) mass is 440 g/mol. The maximum atomic E-state index is 13.6. The van der Waals surface area contributed by atoms with Crippen LogP contribution in [0, 0.1) is 0 Å². The van der Waals surface area contributed by atoms with Crippen molar-refractivity contribution in [2.24, 2.45) is 0 Å². The van der Waals surface area contributed by atoms with Crippen molar-refractivity contribution in [2.45, 2.75) is 58.5 Å². The van der Waals surface area contributed by atoms with E-state index in [0.29, 0.717) is 43.2 Å². The number of halogens is 3. The van der Waals surface area contributed by atoms with Gasteiger partial charge in [0.05, 0.1) is 12.2 Å². The minimum absolute atomic E-state index is 0.000306. The van der Waals surface area contributed by atoms with Gasteiger partial charge in [-0.15, -0.1) is 0 Å². The molecule has 3 rings (SSSR count). The Morgan fingerprint density at radius 3 is 2.58 bits per heavy atom. The molecule has 1 saturated heterocycles. The minimum atomic E-state index is -4.63. The molecule has 0 saturated carbocycles. The molecule has 1 N–H and O–H groups in total. The Kier molecular flexibility index (Phi) is 8.00. The third-order valence-corrected chi connectivity index (χ3v) is 5.54. The molecule has 1 aromatic heterocycles. The molecule has 0 amide bonds. The fourth-order valence-electron chi connectivity index (χ4n) is 4.11. The van der Waals surface area contributed by atoms with Crippen molar-refractivity contribution in [3.63, 3.8) is 0 Å². The number of benzene rings is 1. The van der Waals surface area contributed by atoms with Gasteiger partial charge >= 0.3 is 11.8 Å². The summed E-state index contributed by atoms with van der Waals surface area (Å²) < 4.78 is 52.3. The number of rotatable bonds is 10. The second kappa shape index (κ2) is 10.5. The van der Waals surface area contributed by atoms with Crippen molar-refractivity contribution < 1.29 is 22.3 Å². The van der Waals surface area contributed by atoms with E-state index in [9.17, 15) is 18.0 Å². The number of fused-ring (bicyclic) bond motifs is 1. The maximum Gasteiger partial charge on any atom is 0.417 e. The van der Waals surface area contributed by atoms with Gasteiger partial charge in [0.15, 0.2) is 0 Å². The SMILES string of the molecule is CCCc1cc2c(C(F)(F)F)cc(=O)oc2c(CCC)c1OCCCCN1CCNC1. The first kappa shape index (κ1) is 23.6. The molecule has 0 aliphatic carbocycles. The molecule has 1 aliphatic rings. The Morgan fingerprint density at radius 1 is 1.16 bits per heavy atom. The first-order valence-corrected chi connectivity index (χ1v) is 11.1. The molecule has 172 valence electrons. The van der Waals surface area contributed by atoms with Gasteiger partial charge in [0.1, 0.15) is 11.3 Å².